The molecule has 0 amide bonds. The van der Waals surface area contributed by atoms with Crippen molar-refractivity contribution < 1.29 is 4.74 Å². The van der Waals surface area contributed by atoms with Crippen molar-refractivity contribution in [2.75, 3.05) is 27.2 Å². The molecule has 1 aromatic carbocycles. The van der Waals surface area contributed by atoms with Crippen LogP contribution in [0.4, 0.5) is 0 Å². The Labute approximate surface area is 129 Å². The van der Waals surface area contributed by atoms with E-state index in [0.29, 0.717) is 11.8 Å². The van der Waals surface area contributed by atoms with Crippen LogP contribution in [0.2, 0.25) is 0 Å². The molecule has 1 aliphatic heterocycles. The Hall–Kier alpha value is -0.130. The van der Waals surface area contributed by atoms with Gasteiger partial charge in [-0.25, -0.2) is 0 Å². The molecule has 1 aromatic rings. The zero-order valence-corrected chi connectivity index (χ0v) is 13.9. The monoisotopic (exact) mass is 371 g/mol. The first-order chi connectivity index (χ1) is 9.16. The van der Waals surface area contributed by atoms with Crippen LogP contribution in [-0.2, 0) is 10.3 Å². The van der Waals surface area contributed by atoms with Gasteiger partial charge in [0.2, 0.25) is 0 Å². The van der Waals surface area contributed by atoms with E-state index < -0.39 is 0 Å². The van der Waals surface area contributed by atoms with Crippen molar-refractivity contribution in [3.63, 3.8) is 0 Å². The average Bonchev–Trinajstić information content (AvgIpc) is 2.38. The van der Waals surface area contributed by atoms with Crippen molar-refractivity contribution in [1.29, 1.82) is 0 Å². The van der Waals surface area contributed by atoms with Crippen LogP contribution in [0.3, 0.4) is 0 Å². The molecule has 0 aromatic heterocycles. The summed E-state index contributed by atoms with van der Waals surface area (Å²) in [6, 6.07) is 8.92. The van der Waals surface area contributed by atoms with Crippen LogP contribution in [0, 0.1) is 15.4 Å². The maximum absolute atomic E-state index is 6.21. The van der Waals surface area contributed by atoms with Crippen LogP contribution in [0.5, 0.6) is 0 Å². The summed E-state index contributed by atoms with van der Waals surface area (Å²) >= 11 is 2.41. The lowest BCUT2D eigenvalue weighted by atomic mass is 9.62. The first-order valence-electron chi connectivity index (χ1n) is 7.16. The lowest BCUT2D eigenvalue weighted by molar-refractivity contribution is -0.165. The van der Waals surface area contributed by atoms with Crippen molar-refractivity contribution in [2.24, 2.45) is 11.8 Å². The Morgan fingerprint density at radius 1 is 1.26 bits per heavy atom. The Bertz CT molecular complexity index is 448. The predicted octanol–water partition coefficient (Wildman–Crippen LogP) is 3.49. The van der Waals surface area contributed by atoms with Gasteiger partial charge in [-0.3, -0.25) is 0 Å². The Balaban J connectivity index is 2.07. The van der Waals surface area contributed by atoms with E-state index in [2.05, 4.69) is 58.8 Å². The number of nitrogens with zero attached hydrogens (tertiary/aromatic N) is 1. The van der Waals surface area contributed by atoms with Crippen LogP contribution >= 0.6 is 22.6 Å². The molecule has 0 N–H and O–H groups in total. The number of likely N-dealkylation sites (tertiary alicyclic amines) is 1. The van der Waals surface area contributed by atoms with Crippen LogP contribution in [0.1, 0.15) is 24.8 Å². The molecule has 3 rings (SSSR count). The zero-order valence-electron chi connectivity index (χ0n) is 11.7. The highest BCUT2D eigenvalue weighted by Gasteiger charge is 2.52. The molecule has 104 valence electrons. The van der Waals surface area contributed by atoms with E-state index in [1.54, 1.807) is 0 Å². The molecule has 1 heterocycles. The van der Waals surface area contributed by atoms with Gasteiger partial charge in [0.1, 0.15) is 5.60 Å². The molecule has 0 radical (unpaired) electrons. The van der Waals surface area contributed by atoms with E-state index >= 15 is 0 Å². The summed E-state index contributed by atoms with van der Waals surface area (Å²) < 4.78 is 7.51. The second-order valence-electron chi connectivity index (χ2n) is 6.05. The van der Waals surface area contributed by atoms with Gasteiger partial charge in [0, 0.05) is 35.6 Å². The summed E-state index contributed by atoms with van der Waals surface area (Å²) in [5.41, 5.74) is 1.34. The highest BCUT2D eigenvalue weighted by molar-refractivity contribution is 14.1. The van der Waals surface area contributed by atoms with E-state index in [1.807, 2.05) is 7.11 Å². The molecule has 1 aliphatic carbocycles. The molecule has 1 unspecified atom stereocenters. The van der Waals surface area contributed by atoms with Gasteiger partial charge < -0.3 is 9.64 Å². The van der Waals surface area contributed by atoms with Gasteiger partial charge in [0.05, 0.1) is 0 Å². The summed E-state index contributed by atoms with van der Waals surface area (Å²) in [6.45, 7) is 2.33. The Morgan fingerprint density at radius 2 is 1.95 bits per heavy atom. The highest BCUT2D eigenvalue weighted by Crippen LogP contribution is 2.51. The van der Waals surface area contributed by atoms with Crippen molar-refractivity contribution >= 4 is 22.6 Å². The summed E-state index contributed by atoms with van der Waals surface area (Å²) in [5.74, 6) is 1.27. The molecule has 3 heteroatoms. The molecule has 1 saturated carbocycles. The SMILES string of the molecule is COC1(c2cccc(I)c2)[C@@H]2CCC[C@H]1CN(C)C2. The van der Waals surface area contributed by atoms with E-state index in [9.17, 15) is 0 Å². The third-order valence-corrected chi connectivity index (χ3v) is 5.67. The number of piperidine rings is 1. The van der Waals surface area contributed by atoms with E-state index in [-0.39, 0.29) is 5.60 Å². The molecular formula is C16H22INO. The molecule has 19 heavy (non-hydrogen) atoms. The fraction of sp³-hybridized carbons (Fsp3) is 0.625. The lowest BCUT2D eigenvalue weighted by Crippen LogP contribution is -2.58. The summed E-state index contributed by atoms with van der Waals surface area (Å²) in [6.07, 6.45) is 3.94. The minimum absolute atomic E-state index is 0.0497. The highest BCUT2D eigenvalue weighted by atomic mass is 127. The van der Waals surface area contributed by atoms with Crippen molar-refractivity contribution in [2.45, 2.75) is 24.9 Å². The van der Waals surface area contributed by atoms with Gasteiger partial charge in [-0.1, -0.05) is 18.6 Å². The number of fused-ring (bicyclic) bond motifs is 2. The zero-order chi connectivity index (χ0) is 13.5. The third kappa shape index (κ3) is 2.24. The van der Waals surface area contributed by atoms with Crippen molar-refractivity contribution in [3.05, 3.63) is 33.4 Å². The number of hydrogen-bond donors (Lipinski definition) is 0. The minimum atomic E-state index is -0.0497. The number of rotatable bonds is 2. The number of ether oxygens (including phenoxy) is 1. The second kappa shape index (κ2) is 5.34. The third-order valence-electron chi connectivity index (χ3n) is 5.00. The van der Waals surface area contributed by atoms with Crippen LogP contribution in [0.25, 0.3) is 0 Å². The van der Waals surface area contributed by atoms with Gasteiger partial charge >= 0.3 is 0 Å². The molecule has 2 bridgehead atoms. The number of benzene rings is 1. The fourth-order valence-corrected chi connectivity index (χ4v) is 4.85. The molecule has 2 nitrogen and oxygen atoms in total. The van der Waals surface area contributed by atoms with Gasteiger partial charge in [-0.2, -0.15) is 0 Å². The smallest absolute Gasteiger partial charge is 0.101 e. The number of hydrogen-bond acceptors (Lipinski definition) is 2. The van der Waals surface area contributed by atoms with Gasteiger partial charge in [-0.05, 0) is 60.2 Å². The van der Waals surface area contributed by atoms with Crippen molar-refractivity contribution in [1.82, 2.24) is 4.90 Å². The standard InChI is InChI=1S/C16H22INO/c1-18-10-13-6-3-7-14(11-18)16(13,19-2)12-5-4-8-15(17)9-12/h4-5,8-9,13-14H,3,6-7,10-11H2,1-2H3/t13-,14+,16?. The van der Waals surface area contributed by atoms with E-state index in [1.165, 1.54) is 28.4 Å². The maximum Gasteiger partial charge on any atom is 0.101 e. The average molecular weight is 371 g/mol. The molecule has 2 aliphatic rings. The summed E-state index contributed by atoms with van der Waals surface area (Å²) in [5, 5.41) is 0. The fourth-order valence-electron chi connectivity index (χ4n) is 4.31. The van der Waals surface area contributed by atoms with E-state index in [4.69, 9.17) is 4.74 Å². The van der Waals surface area contributed by atoms with Crippen LogP contribution < -0.4 is 0 Å². The normalized spacial score (nSPS) is 35.3. The van der Waals surface area contributed by atoms with Crippen molar-refractivity contribution in [3.8, 4) is 0 Å². The number of methoxy groups -OCH3 is 1. The first-order valence-corrected chi connectivity index (χ1v) is 8.24. The topological polar surface area (TPSA) is 12.5 Å². The van der Waals surface area contributed by atoms with Gasteiger partial charge in [0.25, 0.3) is 0 Å². The quantitative estimate of drug-likeness (QED) is 0.738. The Kier molecular flexibility index (Phi) is 3.89. The second-order valence-corrected chi connectivity index (χ2v) is 7.30. The molecule has 3 atom stereocenters. The minimum Gasteiger partial charge on any atom is -0.373 e. The summed E-state index contributed by atoms with van der Waals surface area (Å²) in [4.78, 5) is 2.49. The molecule has 1 saturated heterocycles. The lowest BCUT2D eigenvalue weighted by Gasteiger charge is -2.54. The largest absolute Gasteiger partial charge is 0.373 e. The molecular weight excluding hydrogens is 349 g/mol. The first kappa shape index (κ1) is 13.8. The Morgan fingerprint density at radius 3 is 2.53 bits per heavy atom. The molecule has 2 fully saturated rings. The maximum atomic E-state index is 6.21. The summed E-state index contributed by atoms with van der Waals surface area (Å²) in [7, 11) is 4.16. The van der Waals surface area contributed by atoms with Gasteiger partial charge in [0.15, 0.2) is 0 Å². The molecule has 0 spiro atoms. The van der Waals surface area contributed by atoms with E-state index in [0.717, 1.165) is 13.1 Å². The predicted molar refractivity (Wildman–Crippen MR) is 86.2 cm³/mol. The van der Waals surface area contributed by atoms with Gasteiger partial charge in [-0.15, -0.1) is 0 Å². The van der Waals surface area contributed by atoms with Crippen LogP contribution in [0.15, 0.2) is 24.3 Å². The number of halogens is 1. The van der Waals surface area contributed by atoms with Crippen LogP contribution in [-0.4, -0.2) is 32.1 Å².